The molecule has 2 heterocycles. The lowest BCUT2D eigenvalue weighted by molar-refractivity contribution is -0.138. The lowest BCUT2D eigenvalue weighted by Crippen LogP contribution is -2.31. The van der Waals surface area contributed by atoms with Crippen LogP contribution in [0.3, 0.4) is 0 Å². The molecule has 0 bridgehead atoms. The molecule has 9 heteroatoms. The molecule has 1 atom stereocenters. The third kappa shape index (κ3) is 4.26. The minimum atomic E-state index is -4.58. The maximum atomic E-state index is 13.3. The second-order valence-corrected chi connectivity index (χ2v) is 8.50. The largest absolute Gasteiger partial charge is 0.417 e. The van der Waals surface area contributed by atoms with Gasteiger partial charge in [0.15, 0.2) is 5.13 Å². The molecule has 4 rings (SSSR count). The molecule has 1 aliphatic rings. The molecule has 1 N–H and O–H groups in total. The number of hydrogen-bond donors (Lipinski definition) is 1. The normalized spacial score (nSPS) is 17.0. The van der Waals surface area contributed by atoms with E-state index in [1.807, 2.05) is 0 Å². The predicted octanol–water partition coefficient (Wildman–Crippen LogP) is 5.34. The molecule has 0 aliphatic carbocycles. The molecule has 4 nitrogen and oxygen atoms in total. The van der Waals surface area contributed by atoms with E-state index < -0.39 is 17.6 Å². The van der Waals surface area contributed by atoms with Crippen LogP contribution < -0.4 is 5.32 Å². The highest BCUT2D eigenvalue weighted by Crippen LogP contribution is 2.34. The topological polar surface area (TPSA) is 45.2 Å². The molecule has 0 saturated carbocycles. The first-order valence-electron chi connectivity index (χ1n) is 9.48. The average Bonchev–Trinajstić information content (AvgIpc) is 3.31. The Hall–Kier alpha value is -2.68. The van der Waals surface area contributed by atoms with Crippen LogP contribution >= 0.6 is 11.3 Å². The Morgan fingerprint density at radius 1 is 1.27 bits per heavy atom. The van der Waals surface area contributed by atoms with E-state index in [9.17, 15) is 22.4 Å². The van der Waals surface area contributed by atoms with Crippen LogP contribution in [0.15, 0.2) is 36.4 Å². The van der Waals surface area contributed by atoms with Crippen molar-refractivity contribution in [1.29, 1.82) is 0 Å². The summed E-state index contributed by atoms with van der Waals surface area (Å²) in [7, 11) is 0. The van der Waals surface area contributed by atoms with E-state index in [1.54, 1.807) is 13.0 Å². The second kappa shape index (κ2) is 7.86. The summed E-state index contributed by atoms with van der Waals surface area (Å²) < 4.78 is 54.0. The van der Waals surface area contributed by atoms with Gasteiger partial charge in [-0.3, -0.25) is 4.79 Å². The van der Waals surface area contributed by atoms with Gasteiger partial charge in [0.1, 0.15) is 5.82 Å². The molecule has 1 saturated heterocycles. The summed E-state index contributed by atoms with van der Waals surface area (Å²) in [6.45, 7) is 2.97. The van der Waals surface area contributed by atoms with Gasteiger partial charge in [0.05, 0.1) is 21.3 Å². The number of anilines is 1. The summed E-state index contributed by atoms with van der Waals surface area (Å²) in [4.78, 5) is 18.7. The number of thiazole rings is 1. The molecule has 1 amide bonds. The Bertz CT molecular complexity index is 1100. The number of benzene rings is 2. The van der Waals surface area contributed by atoms with Crippen molar-refractivity contribution in [2.45, 2.75) is 19.5 Å². The zero-order valence-corrected chi connectivity index (χ0v) is 16.9. The quantitative estimate of drug-likeness (QED) is 0.561. The molecule has 30 heavy (non-hydrogen) atoms. The van der Waals surface area contributed by atoms with E-state index in [4.69, 9.17) is 0 Å². The van der Waals surface area contributed by atoms with Gasteiger partial charge in [0, 0.05) is 19.6 Å². The van der Waals surface area contributed by atoms with Crippen molar-refractivity contribution < 1.29 is 22.4 Å². The van der Waals surface area contributed by atoms with Crippen LogP contribution in [0.5, 0.6) is 0 Å². The number of aromatic nitrogens is 1. The molecule has 1 aliphatic heterocycles. The molecule has 158 valence electrons. The molecule has 0 unspecified atom stereocenters. The number of alkyl halides is 3. The van der Waals surface area contributed by atoms with Gasteiger partial charge >= 0.3 is 6.18 Å². The van der Waals surface area contributed by atoms with E-state index in [1.165, 1.54) is 40.5 Å². The molecular formula is C21H19F4N3OS. The SMILES string of the molecule is Cc1ccc(C(F)(F)F)c(C(=O)N2CC[C@H](CNc3nc4ccc(F)cc4s3)C2)c1. The van der Waals surface area contributed by atoms with Crippen LogP contribution in [0.2, 0.25) is 0 Å². The number of aryl methyl sites for hydroxylation is 1. The number of halogens is 4. The summed E-state index contributed by atoms with van der Waals surface area (Å²) in [5, 5.41) is 3.86. The summed E-state index contributed by atoms with van der Waals surface area (Å²) in [6.07, 6.45) is -3.89. The first-order chi connectivity index (χ1) is 14.2. The summed E-state index contributed by atoms with van der Waals surface area (Å²) in [5.74, 6) is -0.821. The molecule has 3 aromatic rings. The van der Waals surface area contributed by atoms with Crippen molar-refractivity contribution in [2.75, 3.05) is 25.0 Å². The van der Waals surface area contributed by atoms with E-state index >= 15 is 0 Å². The van der Waals surface area contributed by atoms with E-state index in [0.717, 1.165) is 10.8 Å². The van der Waals surface area contributed by atoms with Crippen molar-refractivity contribution in [3.8, 4) is 0 Å². The number of nitrogens with one attached hydrogen (secondary N) is 1. The number of likely N-dealkylation sites (tertiary alicyclic amines) is 1. The number of carbonyl (C=O) groups excluding carboxylic acids is 1. The molecule has 1 aromatic heterocycles. The van der Waals surface area contributed by atoms with Gasteiger partial charge in [-0.2, -0.15) is 13.2 Å². The van der Waals surface area contributed by atoms with Gasteiger partial charge in [-0.1, -0.05) is 23.0 Å². The second-order valence-electron chi connectivity index (χ2n) is 7.46. The van der Waals surface area contributed by atoms with E-state index in [2.05, 4.69) is 10.3 Å². The molecular weight excluding hydrogens is 418 g/mol. The Balaban J connectivity index is 1.42. The number of carbonyl (C=O) groups is 1. The smallest absolute Gasteiger partial charge is 0.361 e. The van der Waals surface area contributed by atoms with Crippen LogP contribution in [-0.4, -0.2) is 35.4 Å². The van der Waals surface area contributed by atoms with E-state index in [-0.39, 0.29) is 17.3 Å². The van der Waals surface area contributed by atoms with Gasteiger partial charge in [-0.05, 0) is 49.6 Å². The van der Waals surface area contributed by atoms with Gasteiger partial charge in [-0.15, -0.1) is 0 Å². The van der Waals surface area contributed by atoms with Crippen LogP contribution in [-0.2, 0) is 6.18 Å². The molecule has 1 fully saturated rings. The Morgan fingerprint density at radius 2 is 2.07 bits per heavy atom. The third-order valence-corrected chi connectivity index (χ3v) is 6.15. The van der Waals surface area contributed by atoms with Crippen molar-refractivity contribution in [1.82, 2.24) is 9.88 Å². The van der Waals surface area contributed by atoms with Gasteiger partial charge in [0.25, 0.3) is 5.91 Å². The monoisotopic (exact) mass is 437 g/mol. The van der Waals surface area contributed by atoms with Crippen LogP contribution in [0.25, 0.3) is 10.2 Å². The third-order valence-electron chi connectivity index (χ3n) is 5.18. The number of amides is 1. The van der Waals surface area contributed by atoms with Gasteiger partial charge < -0.3 is 10.2 Å². The number of hydrogen-bond acceptors (Lipinski definition) is 4. The predicted molar refractivity (Wildman–Crippen MR) is 108 cm³/mol. The van der Waals surface area contributed by atoms with Crippen molar-refractivity contribution in [3.05, 3.63) is 58.9 Å². The maximum absolute atomic E-state index is 13.3. The fraction of sp³-hybridized carbons (Fsp3) is 0.333. The Kier molecular flexibility index (Phi) is 5.40. The van der Waals surface area contributed by atoms with E-state index in [0.29, 0.717) is 42.3 Å². The highest BCUT2D eigenvalue weighted by Gasteiger charge is 2.37. The van der Waals surface area contributed by atoms with Gasteiger partial charge in [-0.25, -0.2) is 9.37 Å². The lowest BCUT2D eigenvalue weighted by atomic mass is 10.0. The first kappa shape index (κ1) is 20.6. The van der Waals surface area contributed by atoms with Crippen molar-refractivity contribution in [3.63, 3.8) is 0 Å². The first-order valence-corrected chi connectivity index (χ1v) is 10.3. The zero-order valence-electron chi connectivity index (χ0n) is 16.1. The standard InChI is InChI=1S/C21H19F4N3OS/c1-12-2-4-16(21(23,24)25)15(8-12)19(29)28-7-6-13(11-28)10-26-20-27-17-5-3-14(22)9-18(17)30-20/h2-5,8-9,13H,6-7,10-11H2,1H3,(H,26,27)/t13-/m1/s1. The summed E-state index contributed by atoms with van der Waals surface area (Å²) in [6, 6.07) is 8.02. The maximum Gasteiger partial charge on any atom is 0.417 e. The number of nitrogens with zero attached hydrogens (tertiary/aromatic N) is 2. The van der Waals surface area contributed by atoms with Crippen molar-refractivity contribution >= 4 is 32.6 Å². The molecule has 0 radical (unpaired) electrons. The highest BCUT2D eigenvalue weighted by molar-refractivity contribution is 7.22. The van der Waals surface area contributed by atoms with Crippen LogP contribution in [0.1, 0.15) is 27.9 Å². The lowest BCUT2D eigenvalue weighted by Gasteiger charge is -2.20. The van der Waals surface area contributed by atoms with Crippen molar-refractivity contribution in [2.24, 2.45) is 5.92 Å². The fourth-order valence-corrected chi connectivity index (χ4v) is 4.54. The Labute approximate surface area is 174 Å². The minimum absolute atomic E-state index is 0.0943. The number of rotatable bonds is 4. The van der Waals surface area contributed by atoms with Crippen LogP contribution in [0, 0.1) is 18.7 Å². The fourth-order valence-electron chi connectivity index (χ4n) is 3.64. The average molecular weight is 437 g/mol. The van der Waals surface area contributed by atoms with Gasteiger partial charge in [0.2, 0.25) is 0 Å². The molecule has 2 aromatic carbocycles. The summed E-state index contributed by atoms with van der Waals surface area (Å²) in [5.41, 5.74) is 0.105. The minimum Gasteiger partial charge on any atom is -0.361 e. The highest BCUT2D eigenvalue weighted by atomic mass is 32.1. The summed E-state index contributed by atoms with van der Waals surface area (Å²) >= 11 is 1.34. The zero-order chi connectivity index (χ0) is 21.5. The Morgan fingerprint density at radius 3 is 2.83 bits per heavy atom. The van der Waals surface area contributed by atoms with Crippen LogP contribution in [0.4, 0.5) is 22.7 Å². The number of fused-ring (bicyclic) bond motifs is 1. The molecule has 0 spiro atoms.